The molecule has 2 fully saturated rings. The van der Waals surface area contributed by atoms with Crippen LogP contribution in [0.1, 0.15) is 50.9 Å². The monoisotopic (exact) mass is 380 g/mol. The molecule has 1 N–H and O–H groups in total. The van der Waals surface area contributed by atoms with Crippen molar-refractivity contribution in [3.8, 4) is 11.5 Å². The molecule has 5 nitrogen and oxygen atoms in total. The average Bonchev–Trinajstić information content (AvgIpc) is 2.77. The molecule has 146 valence electrons. The third-order valence-electron chi connectivity index (χ3n) is 6.88. The maximum Gasteiger partial charge on any atom is 0.196 e. The van der Waals surface area contributed by atoms with E-state index in [2.05, 4.69) is 0 Å². The lowest BCUT2D eigenvalue weighted by molar-refractivity contribution is -0.171. The Morgan fingerprint density at radius 2 is 2.04 bits per heavy atom. The fourth-order valence-corrected chi connectivity index (χ4v) is 5.78. The van der Waals surface area contributed by atoms with Crippen LogP contribution >= 0.6 is 0 Å². The highest BCUT2D eigenvalue weighted by atomic mass is 16.6. The fraction of sp³-hybridized carbons (Fsp3) is 0.478. The Morgan fingerprint density at radius 1 is 1.29 bits per heavy atom. The molecule has 6 rings (SSSR count). The summed E-state index contributed by atoms with van der Waals surface area (Å²) in [6.07, 6.45) is 4.77. The van der Waals surface area contributed by atoms with Gasteiger partial charge in [0.25, 0.3) is 0 Å². The van der Waals surface area contributed by atoms with E-state index < -0.39 is 16.8 Å². The summed E-state index contributed by atoms with van der Waals surface area (Å²) in [5.41, 5.74) is -0.969. The summed E-state index contributed by atoms with van der Waals surface area (Å²) < 4.78 is 13.1. The molecule has 2 heterocycles. The number of carbonyl (C=O) groups is 2. The van der Waals surface area contributed by atoms with Crippen LogP contribution < -0.4 is 4.74 Å². The second-order valence-corrected chi connectivity index (χ2v) is 9.20. The van der Waals surface area contributed by atoms with Crippen LogP contribution in [0.5, 0.6) is 11.5 Å². The van der Waals surface area contributed by atoms with Gasteiger partial charge < -0.3 is 14.6 Å². The molecule has 1 aromatic carbocycles. The molecule has 1 saturated carbocycles. The molecular weight excluding hydrogens is 356 g/mol. The number of benzene rings is 1. The van der Waals surface area contributed by atoms with Gasteiger partial charge in [0, 0.05) is 29.9 Å². The van der Waals surface area contributed by atoms with Crippen molar-refractivity contribution in [3.63, 3.8) is 0 Å². The first-order valence-corrected chi connectivity index (χ1v) is 9.79. The van der Waals surface area contributed by atoms with Crippen molar-refractivity contribution in [1.29, 1.82) is 0 Å². The van der Waals surface area contributed by atoms with Crippen LogP contribution in [-0.4, -0.2) is 33.5 Å². The van der Waals surface area contributed by atoms with E-state index in [1.807, 2.05) is 39.8 Å². The number of phenols is 1. The van der Waals surface area contributed by atoms with Gasteiger partial charge in [-0.15, -0.1) is 0 Å². The summed E-state index contributed by atoms with van der Waals surface area (Å²) in [5.74, 6) is -0.258. The number of rotatable bonds is 2. The van der Waals surface area contributed by atoms with Crippen molar-refractivity contribution in [2.24, 2.45) is 11.8 Å². The van der Waals surface area contributed by atoms with E-state index in [1.165, 1.54) is 12.1 Å². The zero-order valence-electron chi connectivity index (χ0n) is 16.5. The molecule has 1 aromatic rings. The predicted octanol–water partition coefficient (Wildman–Crippen LogP) is 3.76. The molecule has 4 unspecified atom stereocenters. The minimum absolute atomic E-state index is 0.00743. The highest BCUT2D eigenvalue weighted by Gasteiger charge is 2.80. The standard InChI is InChI=1S/C23H24O5/c1-12(2)7-8-22-20(26)13-9-16-19(25)15-6-5-14(24)11-17(15)27-23(16,22)18(10-13)21(3,4)28-22/h5-7,9,11,13,18,24H,8,10H2,1-4H3. The Kier molecular flexibility index (Phi) is 3.25. The first kappa shape index (κ1) is 17.7. The van der Waals surface area contributed by atoms with Crippen molar-refractivity contribution in [1.82, 2.24) is 0 Å². The van der Waals surface area contributed by atoms with E-state index in [0.717, 1.165) is 5.57 Å². The normalized spacial score (nSPS) is 36.4. The van der Waals surface area contributed by atoms with E-state index in [4.69, 9.17) is 9.47 Å². The quantitative estimate of drug-likeness (QED) is 0.791. The summed E-state index contributed by atoms with van der Waals surface area (Å²) >= 11 is 0. The van der Waals surface area contributed by atoms with Gasteiger partial charge in [0.1, 0.15) is 11.5 Å². The molecule has 2 aliphatic heterocycles. The minimum atomic E-state index is -1.23. The third-order valence-corrected chi connectivity index (χ3v) is 6.88. The Hall–Kier alpha value is -2.40. The van der Waals surface area contributed by atoms with Crippen LogP contribution in [0.25, 0.3) is 0 Å². The first-order chi connectivity index (χ1) is 13.1. The number of allylic oxidation sites excluding steroid dienone is 2. The van der Waals surface area contributed by atoms with Gasteiger partial charge >= 0.3 is 0 Å². The summed E-state index contributed by atoms with van der Waals surface area (Å²) in [7, 11) is 0. The Bertz CT molecular complexity index is 996. The van der Waals surface area contributed by atoms with Gasteiger partial charge in [-0.3, -0.25) is 9.59 Å². The highest BCUT2D eigenvalue weighted by Crippen LogP contribution is 2.67. The Labute approximate surface area is 164 Å². The van der Waals surface area contributed by atoms with Crippen LogP contribution in [0.15, 0.2) is 41.5 Å². The topological polar surface area (TPSA) is 72.8 Å². The molecule has 3 aliphatic carbocycles. The van der Waals surface area contributed by atoms with Crippen molar-refractivity contribution in [2.45, 2.75) is 57.3 Å². The van der Waals surface area contributed by atoms with Gasteiger partial charge in [-0.05, 0) is 46.2 Å². The number of phenolic OH excluding ortho intramolecular Hbond substituents is 1. The van der Waals surface area contributed by atoms with Crippen molar-refractivity contribution in [3.05, 3.63) is 47.1 Å². The molecule has 1 saturated heterocycles. The molecule has 4 atom stereocenters. The molecular formula is C23H24O5. The van der Waals surface area contributed by atoms with Gasteiger partial charge in [-0.2, -0.15) is 0 Å². The van der Waals surface area contributed by atoms with E-state index in [9.17, 15) is 14.7 Å². The number of aromatic hydroxyl groups is 1. The van der Waals surface area contributed by atoms with E-state index in [-0.39, 0.29) is 29.2 Å². The van der Waals surface area contributed by atoms with Crippen molar-refractivity contribution in [2.75, 3.05) is 0 Å². The largest absolute Gasteiger partial charge is 0.508 e. The fourth-order valence-electron chi connectivity index (χ4n) is 5.78. The molecule has 28 heavy (non-hydrogen) atoms. The van der Waals surface area contributed by atoms with E-state index in [0.29, 0.717) is 29.7 Å². The molecule has 5 heteroatoms. The second kappa shape index (κ2) is 5.15. The van der Waals surface area contributed by atoms with E-state index in [1.54, 1.807) is 6.07 Å². The van der Waals surface area contributed by atoms with E-state index >= 15 is 0 Å². The highest BCUT2D eigenvalue weighted by molar-refractivity contribution is 6.16. The molecule has 5 aliphatic rings. The zero-order chi connectivity index (χ0) is 20.1. The molecule has 0 amide bonds. The summed E-state index contributed by atoms with van der Waals surface area (Å²) in [4.78, 5) is 27.0. The number of ether oxygens (including phenoxy) is 2. The van der Waals surface area contributed by atoms with Crippen LogP contribution in [-0.2, 0) is 9.53 Å². The Balaban J connectivity index is 1.81. The molecule has 0 aromatic heterocycles. The zero-order valence-corrected chi connectivity index (χ0v) is 16.5. The second-order valence-electron chi connectivity index (χ2n) is 9.20. The van der Waals surface area contributed by atoms with Crippen molar-refractivity contribution >= 4 is 11.6 Å². The van der Waals surface area contributed by atoms with Gasteiger partial charge in [0.15, 0.2) is 22.8 Å². The van der Waals surface area contributed by atoms with Crippen molar-refractivity contribution < 1.29 is 24.2 Å². The van der Waals surface area contributed by atoms with Gasteiger partial charge in [-0.1, -0.05) is 17.7 Å². The maximum absolute atomic E-state index is 13.6. The van der Waals surface area contributed by atoms with Gasteiger partial charge in [-0.25, -0.2) is 0 Å². The predicted molar refractivity (Wildman–Crippen MR) is 102 cm³/mol. The van der Waals surface area contributed by atoms with Crippen LogP contribution in [0.4, 0.5) is 0 Å². The van der Waals surface area contributed by atoms with Crippen LogP contribution in [0.2, 0.25) is 0 Å². The third kappa shape index (κ3) is 1.86. The number of carbonyl (C=O) groups excluding carboxylic acids is 2. The number of Topliss-reactive ketones (excluding diaryl/α,β-unsaturated/α-hetero) is 2. The number of ketones is 2. The smallest absolute Gasteiger partial charge is 0.196 e. The lowest BCUT2D eigenvalue weighted by Crippen LogP contribution is -2.72. The average molecular weight is 380 g/mol. The first-order valence-electron chi connectivity index (χ1n) is 9.79. The lowest BCUT2D eigenvalue weighted by Gasteiger charge is -2.56. The maximum atomic E-state index is 13.6. The summed E-state index contributed by atoms with van der Waals surface area (Å²) in [6, 6.07) is 4.53. The van der Waals surface area contributed by atoms with Gasteiger partial charge in [0.05, 0.1) is 11.2 Å². The lowest BCUT2D eigenvalue weighted by atomic mass is 9.51. The SMILES string of the molecule is CC(C)=CCC12OC(C)(C)C3CC(C=C4C(=O)c5ccc(O)cc5OC431)C2=O. The molecule has 1 spiro atoms. The number of hydrogen-bond donors (Lipinski definition) is 1. The van der Waals surface area contributed by atoms with Crippen LogP contribution in [0.3, 0.4) is 0 Å². The Morgan fingerprint density at radius 3 is 2.75 bits per heavy atom. The van der Waals surface area contributed by atoms with Crippen LogP contribution in [0, 0.1) is 11.8 Å². The molecule has 4 bridgehead atoms. The number of fused-ring (bicyclic) bond motifs is 1. The molecule has 0 radical (unpaired) electrons. The van der Waals surface area contributed by atoms with Gasteiger partial charge in [0.2, 0.25) is 0 Å². The summed E-state index contributed by atoms with van der Waals surface area (Å²) in [6.45, 7) is 7.92. The minimum Gasteiger partial charge on any atom is -0.508 e. The number of hydrogen-bond acceptors (Lipinski definition) is 5. The summed E-state index contributed by atoms with van der Waals surface area (Å²) in [5, 5.41) is 9.97.